The summed E-state index contributed by atoms with van der Waals surface area (Å²) >= 11 is 5.79. The van der Waals surface area contributed by atoms with Crippen molar-refractivity contribution in [2.24, 2.45) is 11.8 Å². The molecule has 0 aromatic carbocycles. The van der Waals surface area contributed by atoms with Crippen LogP contribution in [0.25, 0.3) is 0 Å². The number of rotatable bonds is 3. The fourth-order valence-corrected chi connectivity index (χ4v) is 2.05. The Balaban J connectivity index is 2.10. The number of aromatic nitrogens is 1. The van der Waals surface area contributed by atoms with Crippen molar-refractivity contribution < 1.29 is 9.18 Å². The number of hydrogen-bond donors (Lipinski definition) is 0. The Morgan fingerprint density at radius 3 is 2.94 bits per heavy atom. The minimum absolute atomic E-state index is 0.0482. The zero-order valence-corrected chi connectivity index (χ0v) is 10.5. The predicted molar refractivity (Wildman–Crippen MR) is 63.4 cm³/mol. The van der Waals surface area contributed by atoms with Gasteiger partial charge in [0.1, 0.15) is 11.0 Å². The Hall–Kier alpha value is -1.16. The summed E-state index contributed by atoms with van der Waals surface area (Å²) in [5.74, 6) is 0.405. The van der Waals surface area contributed by atoms with Crippen molar-refractivity contribution in [2.75, 3.05) is 13.6 Å². The van der Waals surface area contributed by atoms with Crippen LogP contribution >= 0.6 is 11.6 Å². The lowest BCUT2D eigenvalue weighted by molar-refractivity contribution is 0.0786. The molecule has 0 aliphatic heterocycles. The minimum atomic E-state index is -0.550. The van der Waals surface area contributed by atoms with E-state index in [4.69, 9.17) is 11.6 Å². The van der Waals surface area contributed by atoms with E-state index in [2.05, 4.69) is 11.9 Å². The molecule has 0 spiro atoms. The number of pyridine rings is 1. The van der Waals surface area contributed by atoms with Gasteiger partial charge in [-0.25, -0.2) is 9.37 Å². The maximum Gasteiger partial charge on any atom is 0.256 e. The summed E-state index contributed by atoms with van der Waals surface area (Å²) < 4.78 is 13.0. The molecule has 0 radical (unpaired) electrons. The second-order valence-corrected chi connectivity index (χ2v) is 5.01. The van der Waals surface area contributed by atoms with Crippen LogP contribution in [0.3, 0.4) is 0 Å². The molecule has 1 amide bonds. The minimum Gasteiger partial charge on any atom is -0.341 e. The van der Waals surface area contributed by atoms with Crippen LogP contribution in [0.4, 0.5) is 4.39 Å². The lowest BCUT2D eigenvalue weighted by Gasteiger charge is -2.17. The van der Waals surface area contributed by atoms with Gasteiger partial charge in [0.05, 0.1) is 11.8 Å². The summed E-state index contributed by atoms with van der Waals surface area (Å²) in [6.07, 6.45) is 2.15. The maximum atomic E-state index is 13.0. The molecule has 1 aliphatic rings. The maximum absolute atomic E-state index is 13.0. The fourth-order valence-electron chi connectivity index (χ4n) is 1.87. The van der Waals surface area contributed by atoms with E-state index < -0.39 is 5.82 Å². The molecule has 2 unspecified atom stereocenters. The number of carbonyl (C=O) groups excluding carboxylic acids is 1. The van der Waals surface area contributed by atoms with Crippen molar-refractivity contribution in [3.63, 3.8) is 0 Å². The zero-order chi connectivity index (χ0) is 12.6. The number of nitrogens with zero attached hydrogens (tertiary/aromatic N) is 2. The highest BCUT2D eigenvalue weighted by Crippen LogP contribution is 2.38. The molecular formula is C12H14ClFN2O. The van der Waals surface area contributed by atoms with E-state index in [1.807, 2.05) is 0 Å². The Morgan fingerprint density at radius 2 is 2.35 bits per heavy atom. The van der Waals surface area contributed by atoms with Crippen LogP contribution < -0.4 is 0 Å². The van der Waals surface area contributed by atoms with E-state index >= 15 is 0 Å². The van der Waals surface area contributed by atoms with Crippen molar-refractivity contribution in [3.05, 3.63) is 28.8 Å². The summed E-state index contributed by atoms with van der Waals surface area (Å²) in [6, 6.07) is 1.13. The van der Waals surface area contributed by atoms with Crippen LogP contribution in [0.2, 0.25) is 5.15 Å². The van der Waals surface area contributed by atoms with Crippen LogP contribution in [0.15, 0.2) is 12.3 Å². The number of halogens is 2. The standard InChI is InChI=1S/C12H14ClFN2O/c1-7-3-8(7)6-16(2)12(17)10-4-9(14)5-15-11(10)13/h4-5,7-8H,3,6H2,1-2H3. The summed E-state index contributed by atoms with van der Waals surface area (Å²) in [5.41, 5.74) is 0.127. The summed E-state index contributed by atoms with van der Waals surface area (Å²) in [6.45, 7) is 2.84. The van der Waals surface area contributed by atoms with Gasteiger partial charge in [0.2, 0.25) is 0 Å². The molecule has 5 heteroatoms. The fraction of sp³-hybridized carbons (Fsp3) is 0.500. The Bertz CT molecular complexity index is 452. The van der Waals surface area contributed by atoms with Crippen LogP contribution in [0.1, 0.15) is 23.7 Å². The molecule has 0 N–H and O–H groups in total. The third-order valence-electron chi connectivity index (χ3n) is 3.17. The zero-order valence-electron chi connectivity index (χ0n) is 9.78. The Morgan fingerprint density at radius 1 is 1.71 bits per heavy atom. The number of carbonyl (C=O) groups is 1. The Labute approximate surface area is 105 Å². The molecule has 1 aromatic heterocycles. The smallest absolute Gasteiger partial charge is 0.256 e. The summed E-state index contributed by atoms with van der Waals surface area (Å²) in [5, 5.41) is 0.0482. The average Bonchev–Trinajstić information content (AvgIpc) is 2.96. The number of amides is 1. The molecule has 1 fully saturated rings. The first-order valence-electron chi connectivity index (χ1n) is 5.55. The van der Waals surface area contributed by atoms with Crippen molar-refractivity contribution in [2.45, 2.75) is 13.3 Å². The molecule has 0 bridgehead atoms. The van der Waals surface area contributed by atoms with E-state index in [1.165, 1.54) is 0 Å². The average molecular weight is 257 g/mol. The topological polar surface area (TPSA) is 33.2 Å². The largest absolute Gasteiger partial charge is 0.341 e. The molecule has 1 heterocycles. The first-order valence-corrected chi connectivity index (χ1v) is 5.93. The summed E-state index contributed by atoms with van der Waals surface area (Å²) in [4.78, 5) is 17.2. The first-order chi connectivity index (χ1) is 7.99. The lowest BCUT2D eigenvalue weighted by Crippen LogP contribution is -2.29. The normalized spacial score (nSPS) is 22.4. The third-order valence-corrected chi connectivity index (χ3v) is 3.47. The van der Waals surface area contributed by atoms with Crippen molar-refractivity contribution >= 4 is 17.5 Å². The molecule has 2 rings (SSSR count). The van der Waals surface area contributed by atoms with Crippen LogP contribution in [0.5, 0.6) is 0 Å². The molecule has 1 aromatic rings. The molecule has 3 nitrogen and oxygen atoms in total. The first kappa shape index (κ1) is 12.3. The van der Waals surface area contributed by atoms with E-state index in [-0.39, 0.29) is 16.6 Å². The quantitative estimate of drug-likeness (QED) is 0.779. The summed E-state index contributed by atoms with van der Waals surface area (Å²) in [7, 11) is 1.70. The SMILES string of the molecule is CC1CC1CN(C)C(=O)c1cc(F)cnc1Cl. The molecule has 2 atom stereocenters. The van der Waals surface area contributed by atoms with Gasteiger partial charge in [0.25, 0.3) is 5.91 Å². The van der Waals surface area contributed by atoms with E-state index in [1.54, 1.807) is 11.9 Å². The van der Waals surface area contributed by atoms with Crippen LogP contribution in [-0.2, 0) is 0 Å². The van der Waals surface area contributed by atoms with E-state index in [0.29, 0.717) is 18.4 Å². The highest BCUT2D eigenvalue weighted by atomic mass is 35.5. The molecule has 1 aliphatic carbocycles. The van der Waals surface area contributed by atoms with Gasteiger partial charge >= 0.3 is 0 Å². The van der Waals surface area contributed by atoms with Gasteiger partial charge in [0.15, 0.2) is 0 Å². The van der Waals surface area contributed by atoms with Crippen molar-refractivity contribution in [3.8, 4) is 0 Å². The predicted octanol–water partition coefficient (Wildman–Crippen LogP) is 2.60. The van der Waals surface area contributed by atoms with Crippen LogP contribution in [0, 0.1) is 17.7 Å². The Kier molecular flexibility index (Phi) is 3.33. The third kappa shape index (κ3) is 2.75. The van der Waals surface area contributed by atoms with Crippen LogP contribution in [-0.4, -0.2) is 29.4 Å². The van der Waals surface area contributed by atoms with E-state index in [9.17, 15) is 9.18 Å². The second kappa shape index (κ2) is 4.61. The second-order valence-electron chi connectivity index (χ2n) is 4.65. The highest BCUT2D eigenvalue weighted by molar-refractivity contribution is 6.32. The molecule has 0 saturated heterocycles. The molecule has 92 valence electrons. The van der Waals surface area contributed by atoms with Crippen molar-refractivity contribution in [1.29, 1.82) is 0 Å². The molecular weight excluding hydrogens is 243 g/mol. The van der Waals surface area contributed by atoms with Gasteiger partial charge in [0, 0.05) is 13.6 Å². The highest BCUT2D eigenvalue weighted by Gasteiger charge is 2.34. The van der Waals surface area contributed by atoms with Gasteiger partial charge in [-0.2, -0.15) is 0 Å². The van der Waals surface area contributed by atoms with Gasteiger partial charge < -0.3 is 4.90 Å². The van der Waals surface area contributed by atoms with E-state index in [0.717, 1.165) is 18.7 Å². The number of hydrogen-bond acceptors (Lipinski definition) is 2. The monoisotopic (exact) mass is 256 g/mol. The van der Waals surface area contributed by atoms with Crippen molar-refractivity contribution in [1.82, 2.24) is 9.88 Å². The van der Waals surface area contributed by atoms with Gasteiger partial charge in [-0.05, 0) is 24.3 Å². The van der Waals surface area contributed by atoms with Gasteiger partial charge in [-0.15, -0.1) is 0 Å². The molecule has 1 saturated carbocycles. The molecule has 17 heavy (non-hydrogen) atoms. The van der Waals surface area contributed by atoms with Gasteiger partial charge in [-0.3, -0.25) is 4.79 Å². The lowest BCUT2D eigenvalue weighted by atomic mass is 10.2. The van der Waals surface area contributed by atoms with Gasteiger partial charge in [-0.1, -0.05) is 18.5 Å².